The summed E-state index contributed by atoms with van der Waals surface area (Å²) in [7, 11) is 4.26. The van der Waals surface area contributed by atoms with Gasteiger partial charge in [0, 0.05) is 11.8 Å². The van der Waals surface area contributed by atoms with E-state index in [9.17, 15) is 0 Å². The van der Waals surface area contributed by atoms with Crippen LogP contribution in [0.5, 0.6) is 5.75 Å². The van der Waals surface area contributed by atoms with Crippen molar-refractivity contribution in [3.8, 4) is 5.75 Å². The summed E-state index contributed by atoms with van der Waals surface area (Å²) in [6, 6.07) is 0. The maximum absolute atomic E-state index is 9.15. The fourth-order valence-corrected chi connectivity index (χ4v) is 1.33. The van der Waals surface area contributed by atoms with Gasteiger partial charge in [0.1, 0.15) is 5.69 Å². The van der Waals surface area contributed by atoms with Gasteiger partial charge in [0.2, 0.25) is 0 Å². The van der Waals surface area contributed by atoms with Crippen molar-refractivity contribution in [3.05, 3.63) is 23.0 Å². The van der Waals surface area contributed by atoms with Crippen LogP contribution in [0.4, 0.5) is 0 Å². The molecule has 4 N–H and O–H groups in total. The number of halogens is 1. The van der Waals surface area contributed by atoms with Crippen LogP contribution in [0.15, 0.2) is 11.3 Å². The van der Waals surface area contributed by atoms with E-state index in [1.54, 1.807) is 13.1 Å². The number of nitrogens with one attached hydrogen (secondary N) is 1. The number of aliphatic hydroxyl groups is 1. The van der Waals surface area contributed by atoms with Crippen molar-refractivity contribution >= 4 is 44.7 Å². The van der Waals surface area contributed by atoms with E-state index in [-0.39, 0.29) is 12.4 Å². The SMILES string of the molecule is CSC(=S)NN=Cc1c(CO)cnc(C)c1[OH2+].[Cl][Ni]. The molecule has 0 fully saturated rings. The fraction of sp³-hybridized carbons (Fsp3) is 0.300. The van der Waals surface area contributed by atoms with E-state index in [2.05, 4.69) is 40.3 Å². The van der Waals surface area contributed by atoms with E-state index in [1.807, 2.05) is 6.26 Å². The van der Waals surface area contributed by atoms with E-state index in [0.29, 0.717) is 21.1 Å². The molecule has 0 atom stereocenters. The number of hydrogen-bond acceptors (Lipinski definition) is 5. The Morgan fingerprint density at radius 2 is 2.37 bits per heavy atom. The Labute approximate surface area is 133 Å². The number of hydrogen-bond donors (Lipinski definition) is 2. The standard InChI is InChI=1S/C10H13N3O2S2.ClH.Ni/c1-6-9(15)8(7(5-14)3-11-6)4-12-13-10(16)17-2;;/h3-4,14-15H,5H2,1-2H3,(H,13,16);1H;/q;;+1. The van der Waals surface area contributed by atoms with Crippen LogP contribution in [0.2, 0.25) is 0 Å². The van der Waals surface area contributed by atoms with Crippen molar-refractivity contribution in [1.82, 2.24) is 10.4 Å². The molecule has 1 heterocycles. The van der Waals surface area contributed by atoms with Gasteiger partial charge in [-0.1, -0.05) is 24.0 Å². The summed E-state index contributed by atoms with van der Waals surface area (Å²) in [5.41, 5.74) is 4.37. The van der Waals surface area contributed by atoms with Crippen LogP contribution < -0.4 is 5.43 Å². The van der Waals surface area contributed by atoms with Gasteiger partial charge >= 0.3 is 24.8 Å². The first-order valence-corrected chi connectivity index (χ1v) is 7.89. The molecule has 0 aliphatic carbocycles. The second kappa shape index (κ2) is 10.4. The van der Waals surface area contributed by atoms with E-state index >= 15 is 0 Å². The molecule has 0 radical (unpaired) electrons. The van der Waals surface area contributed by atoms with Gasteiger partial charge in [-0.2, -0.15) is 5.10 Å². The molecule has 0 saturated heterocycles. The van der Waals surface area contributed by atoms with Crippen molar-refractivity contribution in [3.63, 3.8) is 0 Å². The number of rotatable bonds is 3. The Hall–Kier alpha value is -0.396. The molecular formula is C10H14ClN3NiO2S2+. The number of thioether (sulfide) groups is 1. The second-order valence-electron chi connectivity index (χ2n) is 3.18. The number of aliphatic hydroxyl groups excluding tert-OH is 1. The Morgan fingerprint density at radius 3 is 2.89 bits per heavy atom. The normalized spacial score (nSPS) is 10.0. The molecule has 19 heavy (non-hydrogen) atoms. The zero-order valence-corrected chi connectivity index (χ0v) is 13.6. The molecule has 5 nitrogen and oxygen atoms in total. The van der Waals surface area contributed by atoms with Crippen molar-refractivity contribution in [2.24, 2.45) is 5.10 Å². The quantitative estimate of drug-likeness (QED) is 0.279. The van der Waals surface area contributed by atoms with Gasteiger partial charge in [-0.3, -0.25) is 10.4 Å². The van der Waals surface area contributed by atoms with Gasteiger partial charge < -0.3 is 10.2 Å². The van der Waals surface area contributed by atoms with E-state index in [4.69, 9.17) is 22.4 Å². The molecule has 9 heteroatoms. The molecule has 0 bridgehead atoms. The molecule has 1 rings (SSSR count). The molecule has 1 aromatic heterocycles. The van der Waals surface area contributed by atoms with Crippen LogP contribution in [-0.2, 0) is 21.2 Å². The predicted molar refractivity (Wildman–Crippen MR) is 80.7 cm³/mol. The van der Waals surface area contributed by atoms with E-state index in [1.165, 1.54) is 18.0 Å². The van der Waals surface area contributed by atoms with Crippen LogP contribution in [-0.4, -0.2) is 32.0 Å². The van der Waals surface area contributed by atoms with Gasteiger partial charge in [-0.05, 0) is 13.2 Å². The zero-order valence-electron chi connectivity index (χ0n) is 10.2. The first-order valence-electron chi connectivity index (χ1n) is 4.90. The molecule has 0 saturated carbocycles. The van der Waals surface area contributed by atoms with Crippen molar-refractivity contribution in [2.45, 2.75) is 13.5 Å². The molecule has 0 unspecified atom stereocenters. The fourth-order valence-electron chi connectivity index (χ4n) is 1.13. The molecule has 0 aromatic carbocycles. The molecule has 0 spiro atoms. The van der Waals surface area contributed by atoms with Crippen LogP contribution >= 0.6 is 34.2 Å². The number of nitrogens with zero attached hydrogens (tertiary/aromatic N) is 2. The van der Waals surface area contributed by atoms with Gasteiger partial charge in [0.15, 0.2) is 4.32 Å². The first kappa shape index (κ1) is 18.6. The minimum atomic E-state index is -0.173. The molecule has 1 aromatic rings. The summed E-state index contributed by atoms with van der Waals surface area (Å²) in [6.45, 7) is 1.56. The molecule has 0 aliphatic rings. The predicted octanol–water partition coefficient (Wildman–Crippen LogP) is 1.58. The molecule has 109 valence electrons. The van der Waals surface area contributed by atoms with Crippen LogP contribution in [0, 0.1) is 6.92 Å². The molecular weight excluding hydrogens is 352 g/mol. The second-order valence-corrected chi connectivity index (χ2v) is 4.66. The van der Waals surface area contributed by atoms with Crippen LogP contribution in [0.3, 0.4) is 0 Å². The Balaban J connectivity index is 0.00000154. The summed E-state index contributed by atoms with van der Waals surface area (Å²) in [4.78, 5) is 4.01. The third kappa shape index (κ3) is 6.06. The summed E-state index contributed by atoms with van der Waals surface area (Å²) in [5.74, 6) is 0.261. The third-order valence-electron chi connectivity index (χ3n) is 2.10. The first-order chi connectivity index (χ1) is 9.10. The minimum absolute atomic E-state index is 0.173. The van der Waals surface area contributed by atoms with E-state index in [0.717, 1.165) is 0 Å². The number of pyridine rings is 1. The van der Waals surface area contributed by atoms with Crippen molar-refractivity contribution in [2.75, 3.05) is 6.26 Å². The summed E-state index contributed by atoms with van der Waals surface area (Å²) >= 11 is 9.64. The van der Waals surface area contributed by atoms with Gasteiger partial charge in [0.05, 0.1) is 18.4 Å². The third-order valence-corrected chi connectivity index (χ3v) is 3.15. The topological polar surface area (TPSA) is 80.4 Å². The van der Waals surface area contributed by atoms with Crippen molar-refractivity contribution < 1.29 is 24.8 Å². The summed E-state index contributed by atoms with van der Waals surface area (Å²) in [5, 5.41) is 20.9. The zero-order chi connectivity index (χ0) is 14.8. The van der Waals surface area contributed by atoms with Crippen molar-refractivity contribution in [1.29, 1.82) is 0 Å². The Kier molecular flexibility index (Phi) is 10.2. The van der Waals surface area contributed by atoms with Gasteiger partial charge in [-0.25, -0.2) is 0 Å². The average Bonchev–Trinajstić information content (AvgIpc) is 2.45. The average molecular weight is 367 g/mol. The summed E-state index contributed by atoms with van der Waals surface area (Å²) in [6.07, 6.45) is 4.86. The van der Waals surface area contributed by atoms with Crippen LogP contribution in [0.25, 0.3) is 0 Å². The Morgan fingerprint density at radius 1 is 1.74 bits per heavy atom. The monoisotopic (exact) mass is 365 g/mol. The number of hydrazone groups is 1. The van der Waals surface area contributed by atoms with E-state index < -0.39 is 0 Å². The maximum atomic E-state index is 9.15. The Bertz CT molecular complexity index is 461. The molecule has 0 amide bonds. The van der Waals surface area contributed by atoms with Gasteiger partial charge in [-0.15, -0.1) is 0 Å². The summed E-state index contributed by atoms with van der Waals surface area (Å²) < 4.78 is 0.545. The number of aryl methyl sites for hydroxylation is 1. The van der Waals surface area contributed by atoms with Gasteiger partial charge in [0.25, 0.3) is 5.75 Å². The van der Waals surface area contributed by atoms with Crippen LogP contribution in [0.1, 0.15) is 16.8 Å². The number of thiocarbonyl (C=S) groups is 1. The number of aromatic nitrogens is 1. The molecule has 0 aliphatic heterocycles.